The van der Waals surface area contributed by atoms with E-state index in [-0.39, 0.29) is 18.9 Å². The van der Waals surface area contributed by atoms with Gasteiger partial charge in [0, 0.05) is 13.0 Å². The average molecular weight is 227 g/mol. The zero-order valence-electron chi connectivity index (χ0n) is 9.03. The Bertz CT molecular complexity index is 311. The highest BCUT2D eigenvalue weighted by molar-refractivity contribution is 6.34. The number of hydrogen-bond donors (Lipinski definition) is 1. The summed E-state index contributed by atoms with van der Waals surface area (Å²) in [6.07, 6.45) is -1.69. The van der Waals surface area contributed by atoms with E-state index in [1.807, 2.05) is 0 Å². The Labute approximate surface area is 93.6 Å². The van der Waals surface area contributed by atoms with Gasteiger partial charge in [-0.3, -0.25) is 19.3 Å². The lowest BCUT2D eigenvalue weighted by atomic mass is 9.83. The van der Waals surface area contributed by atoms with Crippen LogP contribution in [0.4, 0.5) is 4.39 Å². The van der Waals surface area contributed by atoms with Crippen LogP contribution in [0, 0.1) is 0 Å². The van der Waals surface area contributed by atoms with Gasteiger partial charge in [-0.25, -0.2) is 4.39 Å². The molecule has 1 radical (unpaired) electrons. The Morgan fingerprint density at radius 2 is 2.31 bits per heavy atom. The Morgan fingerprint density at radius 3 is 2.81 bits per heavy atom. The second-order valence-corrected chi connectivity index (χ2v) is 3.52. The monoisotopic (exact) mass is 227 g/mol. The molecule has 1 atom stereocenters. The fraction of sp³-hybridized carbons (Fsp3) is 0.667. The lowest BCUT2D eigenvalue weighted by Crippen LogP contribution is -2.36. The minimum atomic E-state index is -1.74. The van der Waals surface area contributed by atoms with Crippen molar-refractivity contribution in [2.45, 2.75) is 25.8 Å². The molecule has 0 aromatic carbocycles. The number of alkyl halides is 1. The number of amides is 3. The average Bonchev–Trinajstić information content (AvgIpc) is 2.48. The summed E-state index contributed by atoms with van der Waals surface area (Å²) in [5.74, 6) is -1.65. The van der Waals surface area contributed by atoms with Crippen LogP contribution in [0.2, 0.25) is 6.82 Å². The van der Waals surface area contributed by atoms with Gasteiger partial charge in [-0.15, -0.1) is 0 Å². The fourth-order valence-electron chi connectivity index (χ4n) is 1.40. The molecule has 1 aliphatic rings. The molecule has 0 bridgehead atoms. The van der Waals surface area contributed by atoms with Crippen molar-refractivity contribution in [2.75, 3.05) is 13.0 Å². The molecule has 1 aliphatic heterocycles. The van der Waals surface area contributed by atoms with Crippen LogP contribution in [0.3, 0.4) is 0 Å². The van der Waals surface area contributed by atoms with E-state index in [4.69, 9.17) is 0 Å². The van der Waals surface area contributed by atoms with Gasteiger partial charge in [0.25, 0.3) is 5.91 Å². The zero-order valence-corrected chi connectivity index (χ0v) is 9.03. The van der Waals surface area contributed by atoms with Gasteiger partial charge in [0.15, 0.2) is 6.17 Å². The van der Waals surface area contributed by atoms with Crippen molar-refractivity contribution >= 4 is 25.0 Å². The maximum Gasteiger partial charge on any atom is 0.264 e. The maximum absolute atomic E-state index is 12.8. The number of likely N-dealkylation sites (tertiary alicyclic amines) is 1. The van der Waals surface area contributed by atoms with Crippen LogP contribution in [0.15, 0.2) is 0 Å². The van der Waals surface area contributed by atoms with Crippen LogP contribution in [-0.2, 0) is 14.4 Å². The third kappa shape index (κ3) is 3.05. The van der Waals surface area contributed by atoms with E-state index in [0.717, 1.165) is 4.90 Å². The molecule has 0 saturated carbocycles. The molecule has 1 saturated heterocycles. The Morgan fingerprint density at radius 1 is 1.62 bits per heavy atom. The largest absolute Gasteiger partial charge is 0.364 e. The SMILES string of the molecule is C[B]CNC(=O)CCN1C(=O)CC(F)C1=O. The fourth-order valence-corrected chi connectivity index (χ4v) is 1.40. The molecule has 0 spiro atoms. The Hall–Kier alpha value is -1.40. The van der Waals surface area contributed by atoms with Crippen molar-refractivity contribution in [3.05, 3.63) is 0 Å². The minimum Gasteiger partial charge on any atom is -0.364 e. The number of nitrogens with zero attached hydrogens (tertiary/aromatic N) is 1. The van der Waals surface area contributed by atoms with Gasteiger partial charge >= 0.3 is 0 Å². The van der Waals surface area contributed by atoms with Crippen LogP contribution in [-0.4, -0.2) is 49.1 Å². The summed E-state index contributed by atoms with van der Waals surface area (Å²) in [5.41, 5.74) is 0. The zero-order chi connectivity index (χ0) is 12.1. The van der Waals surface area contributed by atoms with Gasteiger partial charge in [0.05, 0.1) is 6.42 Å². The lowest BCUT2D eigenvalue weighted by molar-refractivity contribution is -0.139. The molecular formula is C9H13BFN2O3. The van der Waals surface area contributed by atoms with Crippen molar-refractivity contribution in [2.24, 2.45) is 0 Å². The van der Waals surface area contributed by atoms with E-state index in [9.17, 15) is 18.8 Å². The molecule has 7 heteroatoms. The van der Waals surface area contributed by atoms with Crippen LogP contribution >= 0.6 is 0 Å². The van der Waals surface area contributed by atoms with Crippen molar-refractivity contribution in [1.29, 1.82) is 0 Å². The molecule has 1 heterocycles. The number of carbonyl (C=O) groups is 3. The summed E-state index contributed by atoms with van der Waals surface area (Å²) < 4.78 is 12.8. The first-order valence-electron chi connectivity index (χ1n) is 5.09. The molecule has 1 rings (SSSR count). The highest BCUT2D eigenvalue weighted by Crippen LogP contribution is 2.15. The molecular weight excluding hydrogens is 214 g/mol. The number of carbonyl (C=O) groups excluding carboxylic acids is 3. The second-order valence-electron chi connectivity index (χ2n) is 3.52. The summed E-state index contributed by atoms with van der Waals surface area (Å²) in [7, 11) is 1.77. The van der Waals surface area contributed by atoms with Crippen molar-refractivity contribution in [3.8, 4) is 0 Å². The van der Waals surface area contributed by atoms with Gasteiger partial charge in [-0.2, -0.15) is 0 Å². The standard InChI is InChI=1S/C9H13BFN2O3/c1-10-5-12-7(14)2-3-13-8(15)4-6(11)9(13)16/h6H,2-5H2,1H3,(H,12,14). The Kier molecular flexibility index (Phi) is 4.45. The molecule has 1 fully saturated rings. The van der Waals surface area contributed by atoms with Crippen LogP contribution in [0.5, 0.6) is 0 Å². The smallest absolute Gasteiger partial charge is 0.264 e. The van der Waals surface area contributed by atoms with E-state index in [1.165, 1.54) is 0 Å². The van der Waals surface area contributed by atoms with E-state index in [2.05, 4.69) is 5.32 Å². The topological polar surface area (TPSA) is 66.5 Å². The summed E-state index contributed by atoms with van der Waals surface area (Å²) in [5, 5.41) is 2.56. The number of rotatable bonds is 5. The molecule has 1 N–H and O–H groups in total. The first-order chi connectivity index (χ1) is 7.56. The van der Waals surface area contributed by atoms with Gasteiger partial charge in [0.2, 0.25) is 11.8 Å². The normalized spacial score (nSPS) is 20.1. The third-order valence-corrected chi connectivity index (χ3v) is 2.25. The molecule has 16 heavy (non-hydrogen) atoms. The second kappa shape index (κ2) is 5.62. The maximum atomic E-state index is 12.8. The quantitative estimate of drug-likeness (QED) is 0.498. The molecule has 0 aromatic rings. The predicted molar refractivity (Wildman–Crippen MR) is 55.5 cm³/mol. The van der Waals surface area contributed by atoms with Gasteiger partial charge < -0.3 is 5.32 Å². The predicted octanol–water partition coefficient (Wildman–Crippen LogP) is -0.701. The molecule has 3 amide bonds. The first kappa shape index (κ1) is 12.7. The van der Waals surface area contributed by atoms with Crippen molar-refractivity contribution in [3.63, 3.8) is 0 Å². The number of imide groups is 1. The van der Waals surface area contributed by atoms with Crippen LogP contribution < -0.4 is 5.32 Å². The van der Waals surface area contributed by atoms with Crippen molar-refractivity contribution in [1.82, 2.24) is 10.2 Å². The van der Waals surface area contributed by atoms with E-state index in [0.29, 0.717) is 6.44 Å². The van der Waals surface area contributed by atoms with E-state index in [1.54, 1.807) is 14.1 Å². The van der Waals surface area contributed by atoms with Gasteiger partial charge in [0.1, 0.15) is 7.28 Å². The minimum absolute atomic E-state index is 0.0119. The Balaban J connectivity index is 2.35. The van der Waals surface area contributed by atoms with E-state index < -0.39 is 24.4 Å². The molecule has 5 nitrogen and oxygen atoms in total. The summed E-state index contributed by atoms with van der Waals surface area (Å²) >= 11 is 0. The molecule has 1 unspecified atom stereocenters. The molecule has 87 valence electrons. The highest BCUT2D eigenvalue weighted by Gasteiger charge is 2.38. The summed E-state index contributed by atoms with van der Waals surface area (Å²) in [4.78, 5) is 34.3. The number of hydrogen-bond acceptors (Lipinski definition) is 3. The van der Waals surface area contributed by atoms with Crippen molar-refractivity contribution < 1.29 is 18.8 Å². The van der Waals surface area contributed by atoms with Gasteiger partial charge in [-0.05, 0) is 6.44 Å². The molecule has 0 aromatic heterocycles. The van der Waals surface area contributed by atoms with Gasteiger partial charge in [-0.1, -0.05) is 6.82 Å². The summed E-state index contributed by atoms with van der Waals surface area (Å²) in [6, 6.07) is 0. The number of nitrogens with one attached hydrogen (secondary N) is 1. The van der Waals surface area contributed by atoms with Crippen LogP contribution in [0.25, 0.3) is 0 Å². The lowest BCUT2D eigenvalue weighted by Gasteiger charge is -2.12. The molecule has 0 aliphatic carbocycles. The van der Waals surface area contributed by atoms with E-state index >= 15 is 0 Å². The first-order valence-corrected chi connectivity index (χ1v) is 5.09. The number of halogens is 1. The highest BCUT2D eigenvalue weighted by atomic mass is 19.1. The summed E-state index contributed by atoms with van der Waals surface area (Å²) in [6.45, 7) is 1.75. The third-order valence-electron chi connectivity index (χ3n) is 2.25. The van der Waals surface area contributed by atoms with Crippen LogP contribution in [0.1, 0.15) is 12.8 Å².